The maximum absolute atomic E-state index is 4.40. The summed E-state index contributed by atoms with van der Waals surface area (Å²) in [6, 6.07) is 11.6. The first-order valence-electron chi connectivity index (χ1n) is 7.79. The molecule has 0 aliphatic rings. The van der Waals surface area contributed by atoms with E-state index in [1.165, 1.54) is 0 Å². The second-order valence-corrected chi connectivity index (χ2v) is 5.44. The molecule has 6 heteroatoms. The van der Waals surface area contributed by atoms with E-state index < -0.39 is 0 Å². The molecule has 0 aromatic carbocycles. The maximum atomic E-state index is 4.40. The van der Waals surface area contributed by atoms with Crippen LogP contribution in [0.1, 0.15) is 11.4 Å². The van der Waals surface area contributed by atoms with Gasteiger partial charge < -0.3 is 9.97 Å². The molecule has 0 saturated heterocycles. The second kappa shape index (κ2) is 6.45. The Kier molecular flexibility index (Phi) is 3.85. The van der Waals surface area contributed by atoms with Crippen LogP contribution in [0.4, 0.5) is 0 Å². The van der Waals surface area contributed by atoms with Crippen molar-refractivity contribution < 1.29 is 0 Å². The molecule has 0 radical (unpaired) electrons. The lowest BCUT2D eigenvalue weighted by Gasteiger charge is -1.97. The van der Waals surface area contributed by atoms with E-state index in [9.17, 15) is 0 Å². The van der Waals surface area contributed by atoms with Crippen molar-refractivity contribution in [2.24, 2.45) is 0 Å². The van der Waals surface area contributed by atoms with E-state index in [0.717, 1.165) is 47.3 Å². The standard InChI is InChI=1S/C18H16N6/c1-3-9-19-15(5-1)17-21-11-13(23-17)7-8-14-12-22-18(24-14)16-6-2-4-10-20-16/h1-6,9-12H,7-8H2,(H,21,23)(H,22,24). The van der Waals surface area contributed by atoms with Gasteiger partial charge in [-0.05, 0) is 37.1 Å². The van der Waals surface area contributed by atoms with Crippen molar-refractivity contribution in [2.45, 2.75) is 12.8 Å². The summed E-state index contributed by atoms with van der Waals surface area (Å²) >= 11 is 0. The van der Waals surface area contributed by atoms with Gasteiger partial charge in [-0.25, -0.2) is 9.97 Å². The van der Waals surface area contributed by atoms with Crippen LogP contribution in [-0.4, -0.2) is 29.9 Å². The average Bonchev–Trinajstić information content (AvgIpc) is 3.31. The third kappa shape index (κ3) is 3.08. The highest BCUT2D eigenvalue weighted by atomic mass is 15.0. The van der Waals surface area contributed by atoms with E-state index in [1.54, 1.807) is 12.4 Å². The molecule has 4 aromatic rings. The third-order valence-corrected chi connectivity index (χ3v) is 3.74. The number of aromatic nitrogens is 6. The summed E-state index contributed by atoms with van der Waals surface area (Å²) in [6.07, 6.45) is 8.95. The Morgan fingerprint density at radius 1 is 0.625 bits per heavy atom. The Hall–Kier alpha value is -3.28. The van der Waals surface area contributed by atoms with Crippen LogP contribution < -0.4 is 0 Å². The van der Waals surface area contributed by atoms with Gasteiger partial charge in [-0.15, -0.1) is 0 Å². The van der Waals surface area contributed by atoms with Gasteiger partial charge in [0.05, 0.1) is 0 Å². The van der Waals surface area contributed by atoms with Crippen LogP contribution in [-0.2, 0) is 12.8 Å². The summed E-state index contributed by atoms with van der Waals surface area (Å²) in [4.78, 5) is 24.0. The molecule has 4 heterocycles. The number of pyridine rings is 2. The fourth-order valence-corrected chi connectivity index (χ4v) is 2.51. The molecule has 0 fully saturated rings. The summed E-state index contributed by atoms with van der Waals surface area (Å²) in [5, 5.41) is 0. The zero-order valence-corrected chi connectivity index (χ0v) is 13.0. The number of aromatic amines is 2. The monoisotopic (exact) mass is 316 g/mol. The van der Waals surface area contributed by atoms with Crippen LogP contribution in [0.3, 0.4) is 0 Å². The summed E-state index contributed by atoms with van der Waals surface area (Å²) in [6.45, 7) is 0. The molecule has 0 aliphatic carbocycles. The topological polar surface area (TPSA) is 83.1 Å². The van der Waals surface area contributed by atoms with Gasteiger partial charge in [-0.1, -0.05) is 12.1 Å². The Morgan fingerprint density at radius 3 is 1.54 bits per heavy atom. The normalized spacial score (nSPS) is 10.8. The van der Waals surface area contributed by atoms with E-state index in [0.29, 0.717) is 0 Å². The van der Waals surface area contributed by atoms with Crippen molar-refractivity contribution in [2.75, 3.05) is 0 Å². The van der Waals surface area contributed by atoms with E-state index in [4.69, 9.17) is 0 Å². The van der Waals surface area contributed by atoms with Crippen LogP contribution in [0.5, 0.6) is 0 Å². The molecule has 0 unspecified atom stereocenters. The number of aryl methyl sites for hydroxylation is 2. The summed E-state index contributed by atoms with van der Waals surface area (Å²) in [5.41, 5.74) is 3.85. The van der Waals surface area contributed by atoms with Crippen molar-refractivity contribution in [1.29, 1.82) is 0 Å². The first-order valence-corrected chi connectivity index (χ1v) is 7.79. The molecule has 0 atom stereocenters. The Morgan fingerprint density at radius 2 is 1.12 bits per heavy atom. The highest BCUT2D eigenvalue weighted by Crippen LogP contribution is 2.15. The van der Waals surface area contributed by atoms with Gasteiger partial charge in [0.2, 0.25) is 0 Å². The Balaban J connectivity index is 1.43. The van der Waals surface area contributed by atoms with Gasteiger partial charge in [-0.3, -0.25) is 9.97 Å². The van der Waals surface area contributed by atoms with Crippen LogP contribution >= 0.6 is 0 Å². The molecule has 4 aromatic heterocycles. The first-order chi connectivity index (χ1) is 11.9. The summed E-state index contributed by atoms with van der Waals surface area (Å²) in [5.74, 6) is 1.59. The van der Waals surface area contributed by atoms with E-state index >= 15 is 0 Å². The van der Waals surface area contributed by atoms with Crippen LogP contribution in [0.15, 0.2) is 61.2 Å². The van der Waals surface area contributed by atoms with Gasteiger partial charge in [0.1, 0.15) is 11.4 Å². The lowest BCUT2D eigenvalue weighted by molar-refractivity contribution is 0.898. The second-order valence-electron chi connectivity index (χ2n) is 5.44. The Labute approximate surface area is 139 Å². The SMILES string of the molecule is c1ccc(-c2ncc(CCc3cnc(-c4ccccn4)[nH]3)[nH]2)nc1. The molecule has 0 aliphatic heterocycles. The van der Waals surface area contributed by atoms with Crippen molar-refractivity contribution in [3.8, 4) is 23.0 Å². The fraction of sp³-hybridized carbons (Fsp3) is 0.111. The predicted octanol–water partition coefficient (Wildman–Crippen LogP) is 3.04. The molecule has 0 amide bonds. The Bertz CT molecular complexity index is 833. The highest BCUT2D eigenvalue weighted by Gasteiger charge is 2.07. The van der Waals surface area contributed by atoms with Crippen LogP contribution in [0.25, 0.3) is 23.0 Å². The van der Waals surface area contributed by atoms with Crippen molar-refractivity contribution >= 4 is 0 Å². The van der Waals surface area contributed by atoms with Crippen LogP contribution in [0, 0.1) is 0 Å². The molecule has 0 spiro atoms. The molecule has 24 heavy (non-hydrogen) atoms. The van der Waals surface area contributed by atoms with Crippen molar-refractivity contribution in [3.05, 3.63) is 72.6 Å². The maximum Gasteiger partial charge on any atom is 0.156 e. The summed E-state index contributed by atoms with van der Waals surface area (Å²) in [7, 11) is 0. The molecular formula is C18H16N6. The lowest BCUT2D eigenvalue weighted by Crippen LogP contribution is -1.93. The molecule has 0 bridgehead atoms. The number of nitrogens with one attached hydrogen (secondary N) is 2. The highest BCUT2D eigenvalue weighted by molar-refractivity contribution is 5.49. The zero-order valence-electron chi connectivity index (χ0n) is 13.0. The largest absolute Gasteiger partial charge is 0.341 e. The fourth-order valence-electron chi connectivity index (χ4n) is 2.51. The molecule has 0 saturated carbocycles. The first kappa shape index (κ1) is 14.3. The van der Waals surface area contributed by atoms with Crippen molar-refractivity contribution in [1.82, 2.24) is 29.9 Å². The number of hydrogen-bond acceptors (Lipinski definition) is 4. The van der Waals surface area contributed by atoms with Gasteiger partial charge in [0.15, 0.2) is 11.6 Å². The molecule has 118 valence electrons. The molecule has 4 rings (SSSR count). The minimum absolute atomic E-state index is 0.796. The number of hydrogen-bond donors (Lipinski definition) is 2. The average molecular weight is 316 g/mol. The van der Waals surface area contributed by atoms with Gasteiger partial charge in [0, 0.05) is 36.2 Å². The number of H-pyrrole nitrogens is 2. The minimum Gasteiger partial charge on any atom is -0.341 e. The van der Waals surface area contributed by atoms with E-state index in [2.05, 4.69) is 29.9 Å². The van der Waals surface area contributed by atoms with Crippen molar-refractivity contribution in [3.63, 3.8) is 0 Å². The van der Waals surface area contributed by atoms with E-state index in [1.807, 2.05) is 48.8 Å². The smallest absolute Gasteiger partial charge is 0.156 e. The van der Waals surface area contributed by atoms with Gasteiger partial charge in [-0.2, -0.15) is 0 Å². The zero-order chi connectivity index (χ0) is 16.2. The summed E-state index contributed by atoms with van der Waals surface area (Å²) < 4.78 is 0. The lowest BCUT2D eigenvalue weighted by atomic mass is 10.2. The van der Waals surface area contributed by atoms with Gasteiger partial charge >= 0.3 is 0 Å². The van der Waals surface area contributed by atoms with Crippen LogP contribution in [0.2, 0.25) is 0 Å². The van der Waals surface area contributed by atoms with E-state index in [-0.39, 0.29) is 0 Å². The third-order valence-electron chi connectivity index (χ3n) is 3.74. The molecule has 6 nitrogen and oxygen atoms in total. The minimum atomic E-state index is 0.796. The quantitative estimate of drug-likeness (QED) is 0.593. The number of imidazole rings is 2. The molecule has 2 N–H and O–H groups in total. The predicted molar refractivity (Wildman–Crippen MR) is 91.0 cm³/mol. The van der Waals surface area contributed by atoms with Gasteiger partial charge in [0.25, 0.3) is 0 Å². The number of rotatable bonds is 5. The number of nitrogens with zero attached hydrogens (tertiary/aromatic N) is 4. The molecular weight excluding hydrogens is 300 g/mol.